The zero-order chi connectivity index (χ0) is 12.3. The van der Waals surface area contributed by atoms with Crippen LogP contribution >= 0.6 is 0 Å². The van der Waals surface area contributed by atoms with Gasteiger partial charge in [0.25, 0.3) is 0 Å². The zero-order valence-corrected chi connectivity index (χ0v) is 9.89. The molecular formula is C13H16N2O2. The molecular weight excluding hydrogens is 216 g/mol. The summed E-state index contributed by atoms with van der Waals surface area (Å²) in [5.74, 6) is 0. The molecule has 0 spiro atoms. The molecule has 0 aromatic heterocycles. The molecule has 4 heteroatoms. The Morgan fingerprint density at radius 3 is 3.12 bits per heavy atom. The molecule has 1 N–H and O–H groups in total. The number of morpholine rings is 1. The van der Waals surface area contributed by atoms with E-state index in [-0.39, 0.29) is 12.6 Å². The summed E-state index contributed by atoms with van der Waals surface area (Å²) in [5.41, 5.74) is 2.66. The van der Waals surface area contributed by atoms with Gasteiger partial charge in [0.1, 0.15) is 6.07 Å². The van der Waals surface area contributed by atoms with Crippen LogP contribution in [0.5, 0.6) is 0 Å². The molecule has 1 saturated heterocycles. The molecule has 17 heavy (non-hydrogen) atoms. The van der Waals surface area contributed by atoms with Gasteiger partial charge in [-0.25, -0.2) is 0 Å². The number of ether oxygens (including phenoxy) is 1. The SMILES string of the molecule is Cc1ccc(C#N)c(N2CCOCC2CO)c1. The van der Waals surface area contributed by atoms with Crippen LogP contribution < -0.4 is 4.90 Å². The van der Waals surface area contributed by atoms with Gasteiger partial charge in [0.2, 0.25) is 0 Å². The number of aryl methyl sites for hydroxylation is 1. The Bertz CT molecular complexity index is 440. The minimum absolute atomic E-state index is 0.0405. The second-order valence-corrected chi connectivity index (χ2v) is 4.24. The molecule has 1 heterocycles. The lowest BCUT2D eigenvalue weighted by atomic mass is 10.1. The Hall–Kier alpha value is -1.57. The fourth-order valence-corrected chi connectivity index (χ4v) is 2.10. The summed E-state index contributed by atoms with van der Waals surface area (Å²) in [7, 11) is 0. The molecule has 0 aliphatic carbocycles. The van der Waals surface area contributed by atoms with Crippen molar-refractivity contribution in [3.8, 4) is 6.07 Å². The Labute approximate surface area is 101 Å². The van der Waals surface area contributed by atoms with E-state index in [0.29, 0.717) is 25.3 Å². The number of aliphatic hydroxyl groups is 1. The molecule has 1 aliphatic rings. The van der Waals surface area contributed by atoms with Gasteiger partial charge in [-0.1, -0.05) is 6.07 Å². The van der Waals surface area contributed by atoms with Crippen LogP contribution in [0.3, 0.4) is 0 Å². The molecule has 1 aromatic carbocycles. The third-order valence-electron chi connectivity index (χ3n) is 3.02. The fourth-order valence-electron chi connectivity index (χ4n) is 2.10. The Morgan fingerprint density at radius 2 is 2.41 bits per heavy atom. The normalized spacial score (nSPS) is 20.1. The first-order chi connectivity index (χ1) is 8.26. The minimum Gasteiger partial charge on any atom is -0.394 e. The Kier molecular flexibility index (Phi) is 3.62. The average molecular weight is 232 g/mol. The van der Waals surface area contributed by atoms with Crippen LogP contribution in [0.2, 0.25) is 0 Å². The van der Waals surface area contributed by atoms with Gasteiger partial charge in [-0.15, -0.1) is 0 Å². The van der Waals surface area contributed by atoms with Crippen molar-refractivity contribution < 1.29 is 9.84 Å². The second-order valence-electron chi connectivity index (χ2n) is 4.24. The molecule has 0 saturated carbocycles. The highest BCUT2D eigenvalue weighted by molar-refractivity contribution is 5.61. The maximum atomic E-state index is 9.35. The van der Waals surface area contributed by atoms with Crippen molar-refractivity contribution >= 4 is 5.69 Å². The number of hydrogen-bond acceptors (Lipinski definition) is 4. The molecule has 1 atom stereocenters. The van der Waals surface area contributed by atoms with Crippen LogP contribution in [-0.2, 0) is 4.74 Å². The van der Waals surface area contributed by atoms with Crippen LogP contribution in [-0.4, -0.2) is 37.5 Å². The maximum Gasteiger partial charge on any atom is 0.101 e. The van der Waals surface area contributed by atoms with Gasteiger partial charge < -0.3 is 14.7 Å². The molecule has 0 radical (unpaired) electrons. The first-order valence-electron chi connectivity index (χ1n) is 5.72. The third kappa shape index (κ3) is 2.41. The molecule has 1 fully saturated rings. The predicted molar refractivity (Wildman–Crippen MR) is 64.9 cm³/mol. The van der Waals surface area contributed by atoms with E-state index in [9.17, 15) is 5.11 Å². The molecule has 2 rings (SSSR count). The molecule has 1 aliphatic heterocycles. The topological polar surface area (TPSA) is 56.5 Å². The van der Waals surface area contributed by atoms with Gasteiger partial charge in [0, 0.05) is 6.54 Å². The van der Waals surface area contributed by atoms with Crippen molar-refractivity contribution in [3.63, 3.8) is 0 Å². The highest BCUT2D eigenvalue weighted by Gasteiger charge is 2.24. The zero-order valence-electron chi connectivity index (χ0n) is 9.89. The van der Waals surface area contributed by atoms with Crippen molar-refractivity contribution in [2.24, 2.45) is 0 Å². The van der Waals surface area contributed by atoms with Crippen LogP contribution in [0.4, 0.5) is 5.69 Å². The molecule has 1 unspecified atom stereocenters. The number of benzene rings is 1. The highest BCUT2D eigenvalue weighted by Crippen LogP contribution is 2.25. The van der Waals surface area contributed by atoms with Gasteiger partial charge in [-0.2, -0.15) is 5.26 Å². The number of hydrogen-bond donors (Lipinski definition) is 1. The number of nitrogens with zero attached hydrogens (tertiary/aromatic N) is 2. The predicted octanol–water partition coefficient (Wildman–Crippen LogP) is 1.06. The second kappa shape index (κ2) is 5.17. The average Bonchev–Trinajstić information content (AvgIpc) is 2.38. The summed E-state index contributed by atoms with van der Waals surface area (Å²) in [6.07, 6.45) is 0. The summed E-state index contributed by atoms with van der Waals surface area (Å²) < 4.78 is 5.34. The number of nitriles is 1. The van der Waals surface area contributed by atoms with E-state index in [1.807, 2.05) is 25.1 Å². The van der Waals surface area contributed by atoms with E-state index in [1.54, 1.807) is 0 Å². The quantitative estimate of drug-likeness (QED) is 0.828. The summed E-state index contributed by atoms with van der Waals surface area (Å²) in [6, 6.07) is 7.89. The monoisotopic (exact) mass is 232 g/mol. The van der Waals surface area contributed by atoms with E-state index in [4.69, 9.17) is 10.00 Å². The van der Waals surface area contributed by atoms with Gasteiger partial charge in [-0.05, 0) is 24.6 Å². The lowest BCUT2D eigenvalue weighted by Gasteiger charge is -2.36. The molecule has 1 aromatic rings. The number of anilines is 1. The van der Waals surface area contributed by atoms with E-state index in [1.165, 1.54) is 0 Å². The summed E-state index contributed by atoms with van der Waals surface area (Å²) in [4.78, 5) is 2.06. The van der Waals surface area contributed by atoms with Gasteiger partial charge in [0.05, 0.1) is 37.1 Å². The fraction of sp³-hybridized carbons (Fsp3) is 0.462. The summed E-state index contributed by atoms with van der Waals surface area (Å²) in [5, 5.41) is 18.5. The lowest BCUT2D eigenvalue weighted by molar-refractivity contribution is 0.0727. The third-order valence-corrected chi connectivity index (χ3v) is 3.02. The van der Waals surface area contributed by atoms with E-state index >= 15 is 0 Å². The lowest BCUT2D eigenvalue weighted by Crippen LogP contribution is -2.48. The van der Waals surface area contributed by atoms with Crippen molar-refractivity contribution in [3.05, 3.63) is 29.3 Å². The summed E-state index contributed by atoms with van der Waals surface area (Å²) in [6.45, 7) is 3.89. The number of aliphatic hydroxyl groups excluding tert-OH is 1. The van der Waals surface area contributed by atoms with Gasteiger partial charge >= 0.3 is 0 Å². The standard InChI is InChI=1S/C13H16N2O2/c1-10-2-3-11(7-14)13(6-10)15-4-5-17-9-12(15)8-16/h2-3,6,12,16H,4-5,8-9H2,1H3. The number of rotatable bonds is 2. The molecule has 4 nitrogen and oxygen atoms in total. The van der Waals surface area contributed by atoms with E-state index < -0.39 is 0 Å². The smallest absolute Gasteiger partial charge is 0.101 e. The summed E-state index contributed by atoms with van der Waals surface area (Å²) >= 11 is 0. The minimum atomic E-state index is -0.0577. The van der Waals surface area contributed by atoms with Crippen molar-refractivity contribution in [1.82, 2.24) is 0 Å². The van der Waals surface area contributed by atoms with Gasteiger partial charge in [0.15, 0.2) is 0 Å². The highest BCUT2D eigenvalue weighted by atomic mass is 16.5. The van der Waals surface area contributed by atoms with E-state index in [2.05, 4.69) is 11.0 Å². The van der Waals surface area contributed by atoms with Crippen LogP contribution in [0, 0.1) is 18.3 Å². The first-order valence-corrected chi connectivity index (χ1v) is 5.72. The molecule has 0 bridgehead atoms. The van der Waals surface area contributed by atoms with E-state index in [0.717, 1.165) is 11.3 Å². The van der Waals surface area contributed by atoms with Crippen molar-refractivity contribution in [2.45, 2.75) is 13.0 Å². The molecule has 0 amide bonds. The largest absolute Gasteiger partial charge is 0.394 e. The Morgan fingerprint density at radius 1 is 1.59 bits per heavy atom. The van der Waals surface area contributed by atoms with Crippen LogP contribution in [0.15, 0.2) is 18.2 Å². The Balaban J connectivity index is 2.37. The van der Waals surface area contributed by atoms with Crippen molar-refractivity contribution in [1.29, 1.82) is 5.26 Å². The van der Waals surface area contributed by atoms with Gasteiger partial charge in [-0.3, -0.25) is 0 Å². The molecule has 90 valence electrons. The first kappa shape index (κ1) is 11.9. The van der Waals surface area contributed by atoms with Crippen LogP contribution in [0.1, 0.15) is 11.1 Å². The maximum absolute atomic E-state index is 9.35. The van der Waals surface area contributed by atoms with Crippen molar-refractivity contribution in [2.75, 3.05) is 31.3 Å². The van der Waals surface area contributed by atoms with Crippen LogP contribution in [0.25, 0.3) is 0 Å².